The van der Waals surface area contributed by atoms with Crippen molar-refractivity contribution < 1.29 is 9.57 Å². The maximum absolute atomic E-state index is 5.06. The SMILES string of the molecule is C1CN2OC2CO1. The average molecular weight is 101 g/mol. The lowest BCUT2D eigenvalue weighted by Crippen LogP contribution is -2.20. The summed E-state index contributed by atoms with van der Waals surface area (Å²) >= 11 is 0. The largest absolute Gasteiger partial charge is 0.376 e. The Bertz CT molecular complexity index is 75.8. The minimum absolute atomic E-state index is 0.314. The van der Waals surface area contributed by atoms with Crippen LogP contribution in [0, 0.1) is 0 Å². The smallest absolute Gasteiger partial charge is 0.177 e. The van der Waals surface area contributed by atoms with Gasteiger partial charge in [-0.3, -0.25) is 4.84 Å². The number of fused-ring (bicyclic) bond motifs is 1. The fourth-order valence-corrected chi connectivity index (χ4v) is 0.778. The van der Waals surface area contributed by atoms with Crippen LogP contribution in [0.1, 0.15) is 0 Å². The zero-order valence-electron chi connectivity index (χ0n) is 3.96. The van der Waals surface area contributed by atoms with Gasteiger partial charge in [0.25, 0.3) is 0 Å². The molecule has 0 aromatic heterocycles. The number of rotatable bonds is 0. The van der Waals surface area contributed by atoms with Crippen LogP contribution in [0.15, 0.2) is 0 Å². The Morgan fingerprint density at radius 2 is 2.57 bits per heavy atom. The van der Waals surface area contributed by atoms with E-state index in [0.717, 1.165) is 19.8 Å². The van der Waals surface area contributed by atoms with E-state index in [1.165, 1.54) is 0 Å². The van der Waals surface area contributed by atoms with Crippen molar-refractivity contribution in [2.45, 2.75) is 6.23 Å². The minimum atomic E-state index is 0.314. The first-order valence-corrected chi connectivity index (χ1v) is 2.48. The summed E-state index contributed by atoms with van der Waals surface area (Å²) in [6.45, 7) is 2.54. The Balaban J connectivity index is 1.95. The van der Waals surface area contributed by atoms with Crippen molar-refractivity contribution in [2.75, 3.05) is 19.8 Å². The molecule has 0 radical (unpaired) electrons. The molecule has 0 aromatic carbocycles. The highest BCUT2D eigenvalue weighted by Gasteiger charge is 2.38. The molecule has 0 aromatic rings. The molecular formula is C4H7NO2. The van der Waals surface area contributed by atoms with Gasteiger partial charge in [0, 0.05) is 0 Å². The van der Waals surface area contributed by atoms with Gasteiger partial charge >= 0.3 is 0 Å². The van der Waals surface area contributed by atoms with E-state index in [-0.39, 0.29) is 0 Å². The Morgan fingerprint density at radius 3 is 3.14 bits per heavy atom. The highest BCUT2D eigenvalue weighted by atomic mass is 16.8. The van der Waals surface area contributed by atoms with Crippen LogP contribution in [0.5, 0.6) is 0 Å². The first-order valence-electron chi connectivity index (χ1n) is 2.48. The Labute approximate surface area is 41.8 Å². The van der Waals surface area contributed by atoms with Crippen LogP contribution in [0.3, 0.4) is 0 Å². The highest BCUT2D eigenvalue weighted by molar-refractivity contribution is 4.68. The van der Waals surface area contributed by atoms with Crippen LogP contribution < -0.4 is 0 Å². The Hall–Kier alpha value is -0.120. The summed E-state index contributed by atoms with van der Waals surface area (Å²) in [4.78, 5) is 4.99. The summed E-state index contributed by atoms with van der Waals surface area (Å²) in [6, 6.07) is 0. The van der Waals surface area contributed by atoms with Crippen LogP contribution >= 0.6 is 0 Å². The number of ether oxygens (including phenoxy) is 1. The van der Waals surface area contributed by atoms with Crippen LogP contribution in [-0.4, -0.2) is 31.0 Å². The third kappa shape index (κ3) is 0.534. The molecule has 2 rings (SSSR count). The van der Waals surface area contributed by atoms with E-state index < -0.39 is 0 Å². The molecule has 2 atom stereocenters. The number of hydroxylamine groups is 2. The number of nitrogens with zero attached hydrogens (tertiary/aromatic N) is 1. The molecule has 7 heavy (non-hydrogen) atoms. The summed E-state index contributed by atoms with van der Waals surface area (Å²) in [6.07, 6.45) is 0.314. The van der Waals surface area contributed by atoms with E-state index in [9.17, 15) is 0 Å². The van der Waals surface area contributed by atoms with Gasteiger partial charge in [-0.25, -0.2) is 0 Å². The number of hydrogen-bond acceptors (Lipinski definition) is 3. The normalized spacial score (nSPS) is 48.0. The van der Waals surface area contributed by atoms with Crippen LogP contribution in [-0.2, 0) is 9.57 Å². The minimum Gasteiger partial charge on any atom is -0.376 e. The van der Waals surface area contributed by atoms with Crippen LogP contribution in [0.4, 0.5) is 0 Å². The van der Waals surface area contributed by atoms with Crippen LogP contribution in [0.25, 0.3) is 0 Å². The van der Waals surface area contributed by atoms with Crippen molar-refractivity contribution in [1.29, 1.82) is 0 Å². The van der Waals surface area contributed by atoms with Crippen molar-refractivity contribution in [3.8, 4) is 0 Å². The van der Waals surface area contributed by atoms with Crippen molar-refractivity contribution in [3.05, 3.63) is 0 Å². The molecule has 0 aliphatic carbocycles. The van der Waals surface area contributed by atoms with Gasteiger partial charge in [0.1, 0.15) is 0 Å². The highest BCUT2D eigenvalue weighted by Crippen LogP contribution is 2.22. The summed E-state index contributed by atoms with van der Waals surface area (Å²) in [5.74, 6) is 0. The van der Waals surface area contributed by atoms with Gasteiger partial charge in [-0.05, 0) is 0 Å². The summed E-state index contributed by atoms with van der Waals surface area (Å²) in [7, 11) is 0. The lowest BCUT2D eigenvalue weighted by Gasteiger charge is -2.04. The molecule has 2 heterocycles. The molecule has 0 spiro atoms. The van der Waals surface area contributed by atoms with E-state index in [1.807, 2.05) is 5.06 Å². The molecule has 2 unspecified atom stereocenters. The van der Waals surface area contributed by atoms with Gasteiger partial charge in [0.2, 0.25) is 0 Å². The predicted molar refractivity (Wildman–Crippen MR) is 22.4 cm³/mol. The van der Waals surface area contributed by atoms with Gasteiger partial charge in [-0.15, -0.1) is 0 Å². The van der Waals surface area contributed by atoms with Crippen molar-refractivity contribution in [1.82, 2.24) is 5.06 Å². The maximum Gasteiger partial charge on any atom is 0.177 e. The molecule has 2 fully saturated rings. The molecule has 3 heteroatoms. The van der Waals surface area contributed by atoms with E-state index in [1.54, 1.807) is 0 Å². The standard InChI is InChI=1S/C4H7NO2/c1-2-6-3-4-5(1)7-4/h4H,1-3H2. The molecular weight excluding hydrogens is 94.0 g/mol. The first kappa shape index (κ1) is 3.83. The molecule has 2 saturated heterocycles. The van der Waals surface area contributed by atoms with Crippen molar-refractivity contribution in [3.63, 3.8) is 0 Å². The third-order valence-corrected chi connectivity index (χ3v) is 1.25. The molecule has 0 amide bonds. The quantitative estimate of drug-likeness (QED) is 0.388. The second-order valence-electron chi connectivity index (χ2n) is 1.78. The fourth-order valence-electron chi connectivity index (χ4n) is 0.778. The van der Waals surface area contributed by atoms with Gasteiger partial charge in [-0.1, -0.05) is 0 Å². The topological polar surface area (TPSA) is 24.8 Å². The van der Waals surface area contributed by atoms with Crippen LogP contribution in [0.2, 0.25) is 0 Å². The summed E-state index contributed by atoms with van der Waals surface area (Å²) < 4.78 is 5.06. The molecule has 2 aliphatic rings. The molecule has 40 valence electrons. The summed E-state index contributed by atoms with van der Waals surface area (Å²) in [5, 5.41) is 1.93. The van der Waals surface area contributed by atoms with Crippen molar-refractivity contribution >= 4 is 0 Å². The first-order chi connectivity index (χ1) is 3.47. The van der Waals surface area contributed by atoms with E-state index >= 15 is 0 Å². The van der Waals surface area contributed by atoms with Gasteiger partial charge < -0.3 is 4.74 Å². The predicted octanol–water partition coefficient (Wildman–Crippen LogP) is -0.410. The second-order valence-corrected chi connectivity index (χ2v) is 1.78. The summed E-state index contributed by atoms with van der Waals surface area (Å²) in [5.41, 5.74) is 0. The second kappa shape index (κ2) is 1.18. The lowest BCUT2D eigenvalue weighted by molar-refractivity contribution is 0.0831. The fraction of sp³-hybridized carbons (Fsp3) is 1.00. The van der Waals surface area contributed by atoms with E-state index in [2.05, 4.69) is 0 Å². The monoisotopic (exact) mass is 101 g/mol. The molecule has 0 saturated carbocycles. The van der Waals surface area contributed by atoms with E-state index in [0.29, 0.717) is 6.23 Å². The number of hydrogen-bond donors (Lipinski definition) is 0. The zero-order valence-corrected chi connectivity index (χ0v) is 3.96. The molecule has 0 bridgehead atoms. The third-order valence-electron chi connectivity index (χ3n) is 1.25. The Kier molecular flexibility index (Phi) is 0.647. The Morgan fingerprint density at radius 1 is 1.57 bits per heavy atom. The van der Waals surface area contributed by atoms with Crippen molar-refractivity contribution in [2.24, 2.45) is 0 Å². The molecule has 3 nitrogen and oxygen atoms in total. The van der Waals surface area contributed by atoms with E-state index in [4.69, 9.17) is 9.57 Å². The maximum atomic E-state index is 5.06. The zero-order chi connectivity index (χ0) is 4.69. The average Bonchev–Trinajstić information content (AvgIpc) is 2.41. The van der Waals surface area contributed by atoms with Gasteiger partial charge in [0.15, 0.2) is 6.23 Å². The molecule has 2 aliphatic heterocycles. The molecule has 0 N–H and O–H groups in total. The van der Waals surface area contributed by atoms with Gasteiger partial charge in [-0.2, -0.15) is 5.06 Å². The van der Waals surface area contributed by atoms with Gasteiger partial charge in [0.05, 0.1) is 19.8 Å². The number of morpholine rings is 1. The lowest BCUT2D eigenvalue weighted by atomic mass is 10.5.